The second kappa shape index (κ2) is 6.15. The van der Waals surface area contributed by atoms with E-state index in [0.29, 0.717) is 23.1 Å². The first-order valence-corrected chi connectivity index (χ1v) is 7.93. The van der Waals surface area contributed by atoms with Gasteiger partial charge >= 0.3 is 5.97 Å². The zero-order chi connectivity index (χ0) is 15.6. The molecule has 1 amide bonds. The fraction of sp³-hybridized carbons (Fsp3) is 0.600. The predicted molar refractivity (Wildman–Crippen MR) is 82.0 cm³/mol. The molecule has 1 saturated carbocycles. The largest absolute Gasteiger partial charge is 0.462 e. The number of thiophene rings is 1. The molecule has 1 N–H and O–H groups in total. The molecule has 0 spiro atoms. The van der Waals surface area contributed by atoms with Crippen LogP contribution in [0.15, 0.2) is 5.38 Å². The number of anilines is 1. The summed E-state index contributed by atoms with van der Waals surface area (Å²) in [6.45, 7) is 5.45. The van der Waals surface area contributed by atoms with Crippen LogP contribution in [0.5, 0.6) is 0 Å². The zero-order valence-corrected chi connectivity index (χ0v) is 13.6. The van der Waals surface area contributed by atoms with E-state index < -0.39 is 5.60 Å². The average Bonchev–Trinajstić information content (AvgIpc) is 3.20. The molecule has 0 unspecified atom stereocenters. The van der Waals surface area contributed by atoms with Crippen LogP contribution in [0.25, 0.3) is 0 Å². The van der Waals surface area contributed by atoms with Gasteiger partial charge in [0.1, 0.15) is 10.6 Å². The van der Waals surface area contributed by atoms with Crippen molar-refractivity contribution in [2.75, 3.05) is 19.0 Å². The fourth-order valence-corrected chi connectivity index (χ4v) is 2.94. The summed E-state index contributed by atoms with van der Waals surface area (Å²) in [6, 6.07) is 0. The lowest BCUT2D eigenvalue weighted by molar-refractivity contribution is -0.133. The predicted octanol–water partition coefficient (Wildman–Crippen LogP) is 3.17. The molecule has 6 heteroatoms. The van der Waals surface area contributed by atoms with Crippen molar-refractivity contribution in [2.24, 2.45) is 0 Å². The molecule has 21 heavy (non-hydrogen) atoms. The lowest BCUT2D eigenvalue weighted by atomic mass is 10.1. The number of esters is 1. The monoisotopic (exact) mass is 311 g/mol. The molecule has 0 bridgehead atoms. The molecule has 0 saturated heterocycles. The minimum Gasteiger partial charge on any atom is -0.462 e. The quantitative estimate of drug-likeness (QED) is 0.820. The van der Waals surface area contributed by atoms with E-state index in [1.807, 2.05) is 5.38 Å². The molecule has 1 aliphatic rings. The molecule has 2 rings (SSSR count). The van der Waals surface area contributed by atoms with Gasteiger partial charge in [0.05, 0.1) is 12.2 Å². The molecule has 1 aromatic heterocycles. The van der Waals surface area contributed by atoms with Crippen LogP contribution in [0.4, 0.5) is 5.00 Å². The van der Waals surface area contributed by atoms with Crippen molar-refractivity contribution in [3.05, 3.63) is 16.5 Å². The standard InChI is InChI=1S/C15H21NO4S/c1-5-20-13(17)11-10(9-6-7-9)8-21-12(11)16-14(18)15(2,3)19-4/h8-9H,5-7H2,1-4H3,(H,16,18). The van der Waals surface area contributed by atoms with Gasteiger partial charge in [-0.15, -0.1) is 11.3 Å². The highest BCUT2D eigenvalue weighted by Crippen LogP contribution is 2.46. The number of amides is 1. The summed E-state index contributed by atoms with van der Waals surface area (Å²) in [5.41, 5.74) is 0.545. The van der Waals surface area contributed by atoms with Gasteiger partial charge in [-0.1, -0.05) is 0 Å². The smallest absolute Gasteiger partial charge is 0.341 e. The SMILES string of the molecule is CCOC(=O)c1c(C2CC2)csc1NC(=O)C(C)(C)OC. The molecule has 0 aliphatic heterocycles. The highest BCUT2D eigenvalue weighted by molar-refractivity contribution is 7.15. The van der Waals surface area contributed by atoms with Gasteiger partial charge in [-0.3, -0.25) is 4.79 Å². The number of rotatable bonds is 6. The Morgan fingerprint density at radius 3 is 2.62 bits per heavy atom. The Morgan fingerprint density at radius 2 is 2.10 bits per heavy atom. The van der Waals surface area contributed by atoms with E-state index in [9.17, 15) is 9.59 Å². The van der Waals surface area contributed by atoms with Crippen molar-refractivity contribution in [2.45, 2.75) is 45.1 Å². The maximum Gasteiger partial charge on any atom is 0.341 e. The Labute approximate surface area is 128 Å². The summed E-state index contributed by atoms with van der Waals surface area (Å²) >= 11 is 1.37. The molecule has 1 fully saturated rings. The second-order valence-electron chi connectivity index (χ2n) is 5.56. The van der Waals surface area contributed by atoms with E-state index in [1.54, 1.807) is 20.8 Å². The van der Waals surface area contributed by atoms with Crippen molar-refractivity contribution in [1.82, 2.24) is 0 Å². The third kappa shape index (κ3) is 3.44. The Kier molecular flexibility index (Phi) is 4.68. The lowest BCUT2D eigenvalue weighted by Gasteiger charge is -2.21. The summed E-state index contributed by atoms with van der Waals surface area (Å²) in [6.07, 6.45) is 2.17. The van der Waals surface area contributed by atoms with Crippen molar-refractivity contribution in [3.8, 4) is 0 Å². The Morgan fingerprint density at radius 1 is 1.43 bits per heavy atom. The van der Waals surface area contributed by atoms with Gasteiger partial charge in [-0.05, 0) is 50.5 Å². The highest BCUT2D eigenvalue weighted by Gasteiger charge is 2.34. The van der Waals surface area contributed by atoms with Crippen LogP contribution in [0.1, 0.15) is 55.5 Å². The van der Waals surface area contributed by atoms with E-state index in [4.69, 9.17) is 9.47 Å². The minimum absolute atomic E-state index is 0.278. The molecule has 5 nitrogen and oxygen atoms in total. The highest BCUT2D eigenvalue weighted by atomic mass is 32.1. The second-order valence-corrected chi connectivity index (χ2v) is 6.44. The van der Waals surface area contributed by atoms with Crippen molar-refractivity contribution < 1.29 is 19.1 Å². The number of hydrogen-bond donors (Lipinski definition) is 1. The van der Waals surface area contributed by atoms with E-state index in [1.165, 1.54) is 18.4 Å². The van der Waals surface area contributed by atoms with Gasteiger partial charge in [-0.2, -0.15) is 0 Å². The maximum absolute atomic E-state index is 12.2. The summed E-state index contributed by atoms with van der Waals surface area (Å²) in [5.74, 6) is -0.229. The molecule has 1 aliphatic carbocycles. The first kappa shape index (κ1) is 16.0. The van der Waals surface area contributed by atoms with Gasteiger partial charge in [0.2, 0.25) is 0 Å². The average molecular weight is 311 g/mol. The molecule has 116 valence electrons. The summed E-state index contributed by atoms with van der Waals surface area (Å²) in [5, 5.41) is 5.29. The molecular weight excluding hydrogens is 290 g/mol. The molecule has 0 radical (unpaired) electrons. The van der Waals surface area contributed by atoms with Crippen LogP contribution in [0.3, 0.4) is 0 Å². The normalized spacial score (nSPS) is 14.9. The number of carbonyl (C=O) groups is 2. The van der Waals surface area contributed by atoms with Crippen molar-refractivity contribution >= 4 is 28.2 Å². The maximum atomic E-state index is 12.2. The van der Waals surface area contributed by atoms with Crippen molar-refractivity contribution in [1.29, 1.82) is 0 Å². The summed E-state index contributed by atoms with van der Waals surface area (Å²) in [7, 11) is 1.48. The Balaban J connectivity index is 2.27. The third-order valence-corrected chi connectivity index (χ3v) is 4.51. The van der Waals surface area contributed by atoms with Crippen LogP contribution < -0.4 is 5.32 Å². The van der Waals surface area contributed by atoms with Crippen molar-refractivity contribution in [3.63, 3.8) is 0 Å². The number of nitrogens with one attached hydrogen (secondary N) is 1. The number of methoxy groups -OCH3 is 1. The first-order chi connectivity index (χ1) is 9.90. The molecular formula is C15H21NO4S. The van der Waals surface area contributed by atoms with E-state index >= 15 is 0 Å². The van der Waals surface area contributed by atoms with Gasteiger partial charge in [-0.25, -0.2) is 4.79 Å². The molecule has 1 aromatic rings. The fourth-order valence-electron chi connectivity index (χ4n) is 1.92. The molecule has 0 atom stereocenters. The van der Waals surface area contributed by atoms with Crippen LogP contribution in [0.2, 0.25) is 0 Å². The summed E-state index contributed by atoms with van der Waals surface area (Å²) in [4.78, 5) is 24.4. The number of carbonyl (C=O) groups excluding carboxylic acids is 2. The number of hydrogen-bond acceptors (Lipinski definition) is 5. The van der Waals surface area contributed by atoms with Crippen LogP contribution in [-0.4, -0.2) is 31.2 Å². The first-order valence-electron chi connectivity index (χ1n) is 7.05. The summed E-state index contributed by atoms with van der Waals surface area (Å²) < 4.78 is 10.3. The Hall–Kier alpha value is -1.40. The van der Waals surface area contributed by atoms with Gasteiger partial charge < -0.3 is 14.8 Å². The minimum atomic E-state index is -0.949. The third-order valence-electron chi connectivity index (χ3n) is 3.60. The van der Waals surface area contributed by atoms with Gasteiger partial charge in [0.25, 0.3) is 5.91 Å². The van der Waals surface area contributed by atoms with E-state index in [-0.39, 0.29) is 11.9 Å². The van der Waals surface area contributed by atoms with E-state index in [2.05, 4.69) is 5.32 Å². The molecule has 0 aromatic carbocycles. The molecule has 1 heterocycles. The number of ether oxygens (including phenoxy) is 2. The van der Waals surface area contributed by atoms with E-state index in [0.717, 1.165) is 18.4 Å². The van der Waals surface area contributed by atoms with Gasteiger partial charge in [0.15, 0.2) is 0 Å². The Bertz CT molecular complexity index is 546. The zero-order valence-electron chi connectivity index (χ0n) is 12.8. The topological polar surface area (TPSA) is 64.6 Å². The van der Waals surface area contributed by atoms with Crippen LogP contribution >= 0.6 is 11.3 Å². The lowest BCUT2D eigenvalue weighted by Crippen LogP contribution is -2.38. The van der Waals surface area contributed by atoms with Crippen LogP contribution in [0, 0.1) is 0 Å². The van der Waals surface area contributed by atoms with Gasteiger partial charge in [0, 0.05) is 7.11 Å². The van der Waals surface area contributed by atoms with Crippen LogP contribution in [-0.2, 0) is 14.3 Å².